The summed E-state index contributed by atoms with van der Waals surface area (Å²) < 4.78 is 10.8. The minimum absolute atomic E-state index is 0.144. The van der Waals surface area contributed by atoms with E-state index >= 15 is 0 Å². The fourth-order valence-electron chi connectivity index (χ4n) is 4.37. The van der Waals surface area contributed by atoms with Crippen LogP contribution in [-0.2, 0) is 11.3 Å². The van der Waals surface area contributed by atoms with Crippen LogP contribution in [0.25, 0.3) is 11.1 Å². The fourth-order valence-corrected chi connectivity index (χ4v) is 4.37. The predicted molar refractivity (Wildman–Crippen MR) is 124 cm³/mol. The molecule has 32 heavy (non-hydrogen) atoms. The van der Waals surface area contributed by atoms with Crippen molar-refractivity contribution in [3.63, 3.8) is 0 Å². The Balaban J connectivity index is 1.67. The number of amides is 1. The van der Waals surface area contributed by atoms with Gasteiger partial charge in [-0.05, 0) is 75.6 Å². The summed E-state index contributed by atoms with van der Waals surface area (Å²) >= 11 is 0. The molecule has 3 aromatic rings. The van der Waals surface area contributed by atoms with Crippen molar-refractivity contribution in [2.24, 2.45) is 0 Å². The first-order chi connectivity index (χ1) is 15.3. The zero-order chi connectivity index (χ0) is 22.8. The van der Waals surface area contributed by atoms with E-state index < -0.39 is 0 Å². The highest BCUT2D eigenvalue weighted by atomic mass is 16.5. The van der Waals surface area contributed by atoms with Crippen molar-refractivity contribution in [1.82, 2.24) is 15.5 Å². The molecule has 2 atom stereocenters. The topological polar surface area (TPSA) is 80.5 Å². The monoisotopic (exact) mass is 434 g/mol. The summed E-state index contributed by atoms with van der Waals surface area (Å²) in [6.45, 7) is 12.0. The highest BCUT2D eigenvalue weighted by molar-refractivity contribution is 5.94. The van der Waals surface area contributed by atoms with E-state index in [-0.39, 0.29) is 18.1 Å². The first kappa shape index (κ1) is 22.0. The standard InChI is InChI=1S/C25H30N4O3/c1-15-8-21(9-16(2)27-15)20-6-7-24(29-12-17(3)32-18(4)13-29)22(10-20)11-26-25(30)23-14-31-28-19(23)5/h6-10,14,17-18H,11-13H2,1-5H3,(H,26,30)/t17-,18+. The second-order valence-electron chi connectivity index (χ2n) is 8.64. The second kappa shape index (κ2) is 9.12. The molecule has 2 aromatic heterocycles. The van der Waals surface area contributed by atoms with E-state index in [9.17, 15) is 4.79 Å². The Kier molecular flexibility index (Phi) is 6.28. The van der Waals surface area contributed by atoms with Crippen molar-refractivity contribution in [3.8, 4) is 11.1 Å². The molecule has 1 N–H and O–H groups in total. The molecule has 7 nitrogen and oxygen atoms in total. The number of aryl methyl sites for hydroxylation is 3. The van der Waals surface area contributed by atoms with Gasteiger partial charge in [-0.15, -0.1) is 0 Å². The third-order valence-corrected chi connectivity index (χ3v) is 5.69. The van der Waals surface area contributed by atoms with Crippen LogP contribution in [0.15, 0.2) is 41.1 Å². The lowest BCUT2D eigenvalue weighted by Crippen LogP contribution is -2.46. The Bertz CT molecular complexity index is 1090. The number of hydrogen-bond donors (Lipinski definition) is 1. The van der Waals surface area contributed by atoms with E-state index in [1.54, 1.807) is 6.92 Å². The quantitative estimate of drug-likeness (QED) is 0.648. The summed E-state index contributed by atoms with van der Waals surface area (Å²) in [5, 5.41) is 6.84. The van der Waals surface area contributed by atoms with Crippen molar-refractivity contribution in [1.29, 1.82) is 0 Å². The highest BCUT2D eigenvalue weighted by Crippen LogP contribution is 2.30. The average Bonchev–Trinajstić information content (AvgIpc) is 3.16. The van der Waals surface area contributed by atoms with Gasteiger partial charge in [0.25, 0.3) is 5.91 Å². The molecule has 7 heteroatoms. The zero-order valence-electron chi connectivity index (χ0n) is 19.3. The van der Waals surface area contributed by atoms with Crippen molar-refractivity contribution in [3.05, 3.63) is 64.8 Å². The zero-order valence-corrected chi connectivity index (χ0v) is 19.3. The van der Waals surface area contributed by atoms with E-state index in [1.165, 1.54) is 6.26 Å². The lowest BCUT2D eigenvalue weighted by molar-refractivity contribution is -0.00527. The molecular formula is C25H30N4O3. The number of morpholine rings is 1. The number of nitrogens with one attached hydrogen (secondary N) is 1. The molecule has 1 aromatic carbocycles. The number of hydrogen-bond acceptors (Lipinski definition) is 6. The molecule has 3 heterocycles. The van der Waals surface area contributed by atoms with Crippen LogP contribution >= 0.6 is 0 Å². The Morgan fingerprint density at radius 3 is 2.38 bits per heavy atom. The number of anilines is 1. The van der Waals surface area contributed by atoms with Gasteiger partial charge in [-0.1, -0.05) is 11.2 Å². The Morgan fingerprint density at radius 1 is 1.06 bits per heavy atom. The van der Waals surface area contributed by atoms with Gasteiger partial charge in [-0.2, -0.15) is 0 Å². The number of nitrogens with zero attached hydrogens (tertiary/aromatic N) is 3. The molecule has 1 aliphatic rings. The van der Waals surface area contributed by atoms with Crippen LogP contribution in [0, 0.1) is 20.8 Å². The summed E-state index contributed by atoms with van der Waals surface area (Å²) in [5.41, 5.74) is 7.39. The lowest BCUT2D eigenvalue weighted by Gasteiger charge is -2.38. The first-order valence-corrected chi connectivity index (χ1v) is 11.0. The second-order valence-corrected chi connectivity index (χ2v) is 8.64. The normalized spacial score (nSPS) is 18.6. The van der Waals surface area contributed by atoms with Gasteiger partial charge in [-0.25, -0.2) is 0 Å². The van der Waals surface area contributed by atoms with Crippen LogP contribution in [0.4, 0.5) is 5.69 Å². The minimum atomic E-state index is -0.195. The van der Waals surface area contributed by atoms with Gasteiger partial charge in [0.15, 0.2) is 0 Å². The van der Waals surface area contributed by atoms with Crippen LogP contribution in [0.2, 0.25) is 0 Å². The molecule has 0 radical (unpaired) electrons. The first-order valence-electron chi connectivity index (χ1n) is 11.0. The van der Waals surface area contributed by atoms with Gasteiger partial charge in [0.2, 0.25) is 0 Å². The van der Waals surface area contributed by atoms with Crippen LogP contribution in [0.1, 0.15) is 46.9 Å². The van der Waals surface area contributed by atoms with Crippen LogP contribution in [-0.4, -0.2) is 41.3 Å². The van der Waals surface area contributed by atoms with E-state index in [0.29, 0.717) is 17.8 Å². The van der Waals surface area contributed by atoms with Gasteiger partial charge in [0.1, 0.15) is 11.8 Å². The molecule has 1 aliphatic heterocycles. The van der Waals surface area contributed by atoms with Gasteiger partial charge >= 0.3 is 0 Å². The Hall–Kier alpha value is -3.19. The van der Waals surface area contributed by atoms with Crippen LogP contribution in [0.5, 0.6) is 0 Å². The number of rotatable bonds is 5. The molecule has 1 saturated heterocycles. The predicted octanol–water partition coefficient (Wildman–Crippen LogP) is 4.21. The smallest absolute Gasteiger partial charge is 0.256 e. The van der Waals surface area contributed by atoms with Crippen molar-refractivity contribution in [2.75, 3.05) is 18.0 Å². The highest BCUT2D eigenvalue weighted by Gasteiger charge is 2.24. The minimum Gasteiger partial charge on any atom is -0.372 e. The fraction of sp³-hybridized carbons (Fsp3) is 0.400. The van der Waals surface area contributed by atoms with Gasteiger partial charge in [-0.3, -0.25) is 9.78 Å². The third-order valence-electron chi connectivity index (χ3n) is 5.69. The van der Waals surface area contributed by atoms with Crippen molar-refractivity contribution < 1.29 is 14.1 Å². The Morgan fingerprint density at radius 2 is 1.75 bits per heavy atom. The summed E-state index contributed by atoms with van der Waals surface area (Å²) in [7, 11) is 0. The molecule has 4 rings (SSSR count). The van der Waals surface area contributed by atoms with Crippen molar-refractivity contribution >= 4 is 11.6 Å². The van der Waals surface area contributed by atoms with E-state index in [4.69, 9.17) is 9.26 Å². The number of pyridine rings is 1. The number of benzene rings is 1. The largest absolute Gasteiger partial charge is 0.372 e. The van der Waals surface area contributed by atoms with Gasteiger partial charge < -0.3 is 19.5 Å². The number of carbonyl (C=O) groups excluding carboxylic acids is 1. The third kappa shape index (κ3) is 4.83. The molecule has 0 saturated carbocycles. The van der Waals surface area contributed by atoms with Gasteiger partial charge in [0.05, 0.1) is 17.9 Å². The maximum Gasteiger partial charge on any atom is 0.256 e. The number of carbonyl (C=O) groups is 1. The Labute approximate surface area is 188 Å². The molecule has 1 amide bonds. The van der Waals surface area contributed by atoms with Crippen LogP contribution in [0.3, 0.4) is 0 Å². The summed E-state index contributed by atoms with van der Waals surface area (Å²) in [5.74, 6) is -0.195. The van der Waals surface area contributed by atoms with E-state index in [0.717, 1.165) is 46.9 Å². The summed E-state index contributed by atoms with van der Waals surface area (Å²) in [4.78, 5) is 19.5. The molecule has 0 spiro atoms. The molecule has 1 fully saturated rings. The maximum absolute atomic E-state index is 12.7. The number of ether oxygens (including phenoxy) is 1. The summed E-state index contributed by atoms with van der Waals surface area (Å²) in [6, 6.07) is 10.6. The van der Waals surface area contributed by atoms with Crippen LogP contribution < -0.4 is 10.2 Å². The average molecular weight is 435 g/mol. The summed E-state index contributed by atoms with van der Waals surface area (Å²) in [6.07, 6.45) is 1.67. The molecule has 0 aliphatic carbocycles. The van der Waals surface area contributed by atoms with Gasteiger partial charge in [0, 0.05) is 36.7 Å². The molecular weight excluding hydrogens is 404 g/mol. The maximum atomic E-state index is 12.7. The number of aromatic nitrogens is 2. The lowest BCUT2D eigenvalue weighted by atomic mass is 10.00. The SMILES string of the molecule is Cc1cc(-c2ccc(N3C[C@@H](C)O[C@@H](C)C3)c(CNC(=O)c3conc3C)c2)cc(C)n1. The molecule has 0 bridgehead atoms. The molecule has 168 valence electrons. The van der Waals surface area contributed by atoms with Crippen molar-refractivity contribution in [2.45, 2.75) is 53.4 Å². The van der Waals surface area contributed by atoms with E-state index in [1.807, 2.05) is 13.8 Å². The molecule has 0 unspecified atom stereocenters. The van der Waals surface area contributed by atoms with E-state index in [2.05, 4.69) is 64.5 Å².